The number of H-pyrrole nitrogens is 1. The van der Waals surface area contributed by atoms with E-state index in [1.807, 2.05) is 25.1 Å². The summed E-state index contributed by atoms with van der Waals surface area (Å²) in [5, 5.41) is 0.108. The highest BCUT2D eigenvalue weighted by molar-refractivity contribution is 9.10. The Balaban J connectivity index is 1.88. The zero-order valence-electron chi connectivity index (χ0n) is 13.8. The summed E-state index contributed by atoms with van der Waals surface area (Å²) < 4.78 is 25.4. The van der Waals surface area contributed by atoms with E-state index in [0.717, 1.165) is 26.6 Å². The van der Waals surface area contributed by atoms with Gasteiger partial charge in [0.05, 0.1) is 11.3 Å². The largest absolute Gasteiger partial charge is 0.357 e. The molecule has 2 aromatic rings. The number of aromatic amines is 1. The first-order chi connectivity index (χ1) is 11.3. The summed E-state index contributed by atoms with van der Waals surface area (Å²) in [6.45, 7) is 4.32. The first-order valence-electron chi connectivity index (χ1n) is 8.13. The van der Waals surface area contributed by atoms with Gasteiger partial charge in [0.1, 0.15) is 5.25 Å². The van der Waals surface area contributed by atoms with Crippen LogP contribution in [0, 0.1) is 0 Å². The molecule has 1 aliphatic heterocycles. The van der Waals surface area contributed by atoms with Crippen LogP contribution in [-0.4, -0.2) is 41.8 Å². The molecule has 3 rings (SSSR count). The predicted molar refractivity (Wildman–Crippen MR) is 98.7 cm³/mol. The first-order valence-corrected chi connectivity index (χ1v) is 10.6. The van der Waals surface area contributed by atoms with Crippen LogP contribution in [0.25, 0.3) is 10.9 Å². The van der Waals surface area contributed by atoms with E-state index in [9.17, 15) is 13.2 Å². The van der Waals surface area contributed by atoms with Crippen LogP contribution >= 0.6 is 15.9 Å². The van der Waals surface area contributed by atoms with Gasteiger partial charge >= 0.3 is 0 Å². The third kappa shape index (κ3) is 2.99. The van der Waals surface area contributed by atoms with Gasteiger partial charge in [0, 0.05) is 40.6 Å². The van der Waals surface area contributed by atoms with Crippen LogP contribution in [0.2, 0.25) is 0 Å². The second kappa shape index (κ2) is 6.52. The van der Waals surface area contributed by atoms with Crippen molar-refractivity contribution in [1.82, 2.24) is 9.88 Å². The van der Waals surface area contributed by atoms with Crippen LogP contribution in [0.5, 0.6) is 0 Å². The summed E-state index contributed by atoms with van der Waals surface area (Å²) >= 11 is 3.54. The molecule has 1 aromatic heterocycles. The Morgan fingerprint density at radius 3 is 2.88 bits per heavy atom. The van der Waals surface area contributed by atoms with Gasteiger partial charge in [-0.15, -0.1) is 0 Å². The number of hydrogen-bond donors (Lipinski definition) is 1. The fourth-order valence-electron chi connectivity index (χ4n) is 3.26. The fraction of sp³-hybridized carbons (Fsp3) is 0.471. The van der Waals surface area contributed by atoms with E-state index in [4.69, 9.17) is 0 Å². The molecule has 1 amide bonds. The van der Waals surface area contributed by atoms with Crippen molar-refractivity contribution in [3.05, 3.63) is 33.9 Å². The van der Waals surface area contributed by atoms with Crippen molar-refractivity contribution in [1.29, 1.82) is 0 Å². The van der Waals surface area contributed by atoms with Gasteiger partial charge in [0.25, 0.3) is 0 Å². The zero-order valence-corrected chi connectivity index (χ0v) is 16.2. The molecule has 1 aliphatic rings. The molecule has 0 bridgehead atoms. The number of amides is 1. The molecule has 1 atom stereocenters. The van der Waals surface area contributed by atoms with Gasteiger partial charge in [-0.3, -0.25) is 4.79 Å². The van der Waals surface area contributed by atoms with Crippen molar-refractivity contribution >= 4 is 42.6 Å². The maximum Gasteiger partial charge on any atom is 0.240 e. The number of hydrogen-bond acceptors (Lipinski definition) is 3. The monoisotopic (exact) mass is 412 g/mol. The second-order valence-electron chi connectivity index (χ2n) is 6.26. The average Bonchev–Trinajstić information content (AvgIpc) is 2.93. The van der Waals surface area contributed by atoms with Gasteiger partial charge in [0.2, 0.25) is 5.91 Å². The number of rotatable bonds is 4. The van der Waals surface area contributed by atoms with Crippen LogP contribution in [-0.2, 0) is 27.6 Å². The summed E-state index contributed by atoms with van der Waals surface area (Å²) in [6, 6.07) is 5.98. The van der Waals surface area contributed by atoms with E-state index in [1.165, 1.54) is 6.92 Å². The lowest BCUT2D eigenvalue weighted by molar-refractivity contribution is -0.131. The second-order valence-corrected chi connectivity index (χ2v) is 9.56. The Hall–Kier alpha value is -1.34. The number of halogens is 1. The fourth-order valence-corrected chi connectivity index (χ4v) is 5.11. The summed E-state index contributed by atoms with van der Waals surface area (Å²) in [5.74, 6) is -0.239. The highest BCUT2D eigenvalue weighted by Crippen LogP contribution is 2.32. The molecule has 0 radical (unpaired) electrons. The summed E-state index contributed by atoms with van der Waals surface area (Å²) in [6.07, 6.45) is 1.24. The topological polar surface area (TPSA) is 70.2 Å². The number of carbonyl (C=O) groups excluding carboxylic acids is 1. The number of benzene rings is 1. The van der Waals surface area contributed by atoms with E-state index in [1.54, 1.807) is 4.90 Å². The molecular formula is C17H21BrN2O3S. The minimum atomic E-state index is -3.38. The van der Waals surface area contributed by atoms with E-state index in [2.05, 4.69) is 20.9 Å². The maximum absolute atomic E-state index is 12.7. The standard InChI is InChI=1S/C17H21BrN2O3S/c1-3-9-24(22,23)11(2)17(21)20-8-7-15-13(10-20)12-5-4-6-14(18)16(12)19-15/h4-6,11,19H,3,7-10H2,1-2H3/t11-/m0/s1. The lowest BCUT2D eigenvalue weighted by atomic mass is 10.0. The quantitative estimate of drug-likeness (QED) is 0.838. The Morgan fingerprint density at radius 2 is 2.17 bits per heavy atom. The van der Waals surface area contributed by atoms with Gasteiger partial charge < -0.3 is 9.88 Å². The number of carbonyl (C=O) groups is 1. The highest BCUT2D eigenvalue weighted by Gasteiger charge is 2.33. The molecule has 1 aromatic carbocycles. The smallest absolute Gasteiger partial charge is 0.240 e. The minimum absolute atomic E-state index is 0.0546. The summed E-state index contributed by atoms with van der Waals surface area (Å²) in [7, 11) is -3.38. The maximum atomic E-state index is 12.7. The number of aromatic nitrogens is 1. The summed E-state index contributed by atoms with van der Waals surface area (Å²) in [4.78, 5) is 17.8. The lowest BCUT2D eigenvalue weighted by Gasteiger charge is -2.29. The van der Waals surface area contributed by atoms with E-state index in [0.29, 0.717) is 25.9 Å². The SMILES string of the molecule is CCCS(=O)(=O)[C@@H](C)C(=O)N1CCc2[nH]c3c(Br)cccc3c2C1. The van der Waals surface area contributed by atoms with Crippen molar-refractivity contribution < 1.29 is 13.2 Å². The van der Waals surface area contributed by atoms with Gasteiger partial charge in [-0.05, 0) is 35.3 Å². The van der Waals surface area contributed by atoms with Crippen molar-refractivity contribution in [2.45, 2.75) is 38.5 Å². The van der Waals surface area contributed by atoms with Crippen molar-refractivity contribution in [2.75, 3.05) is 12.3 Å². The van der Waals surface area contributed by atoms with Crippen molar-refractivity contribution in [3.8, 4) is 0 Å². The third-order valence-electron chi connectivity index (χ3n) is 4.65. The van der Waals surface area contributed by atoms with Gasteiger partial charge in [-0.2, -0.15) is 0 Å². The number of fused-ring (bicyclic) bond motifs is 3. The number of sulfone groups is 1. The molecule has 0 saturated carbocycles. The molecule has 2 heterocycles. The van der Waals surface area contributed by atoms with Crippen LogP contribution in [0.3, 0.4) is 0 Å². The van der Waals surface area contributed by atoms with Gasteiger partial charge in [-0.25, -0.2) is 8.42 Å². The Labute approximate surface area is 150 Å². The van der Waals surface area contributed by atoms with Crippen LogP contribution in [0.1, 0.15) is 31.5 Å². The van der Waals surface area contributed by atoms with E-state index >= 15 is 0 Å². The Kier molecular flexibility index (Phi) is 4.75. The molecule has 7 heteroatoms. The van der Waals surface area contributed by atoms with Crippen LogP contribution < -0.4 is 0 Å². The lowest BCUT2D eigenvalue weighted by Crippen LogP contribution is -2.44. The van der Waals surface area contributed by atoms with Crippen LogP contribution in [0.15, 0.2) is 22.7 Å². The molecule has 0 unspecified atom stereocenters. The molecule has 0 saturated heterocycles. The Bertz CT molecular complexity index is 889. The Morgan fingerprint density at radius 1 is 1.42 bits per heavy atom. The third-order valence-corrected chi connectivity index (χ3v) is 7.56. The van der Waals surface area contributed by atoms with E-state index < -0.39 is 15.1 Å². The van der Waals surface area contributed by atoms with Crippen molar-refractivity contribution in [3.63, 3.8) is 0 Å². The molecular weight excluding hydrogens is 392 g/mol. The zero-order chi connectivity index (χ0) is 17.5. The molecule has 1 N–H and O–H groups in total. The predicted octanol–water partition coefficient (Wildman–Crippen LogP) is 3.03. The van der Waals surface area contributed by atoms with Crippen LogP contribution in [0.4, 0.5) is 0 Å². The molecule has 0 spiro atoms. The number of nitrogens with one attached hydrogen (secondary N) is 1. The van der Waals surface area contributed by atoms with E-state index in [-0.39, 0.29) is 11.7 Å². The molecule has 130 valence electrons. The molecule has 24 heavy (non-hydrogen) atoms. The first kappa shape index (κ1) is 17.5. The van der Waals surface area contributed by atoms with Crippen molar-refractivity contribution in [2.24, 2.45) is 0 Å². The molecule has 5 nitrogen and oxygen atoms in total. The summed E-state index contributed by atoms with van der Waals surface area (Å²) in [5.41, 5.74) is 3.25. The molecule has 0 fully saturated rings. The molecule has 0 aliphatic carbocycles. The highest BCUT2D eigenvalue weighted by atomic mass is 79.9. The number of para-hydroxylation sites is 1. The van der Waals surface area contributed by atoms with Gasteiger partial charge in [-0.1, -0.05) is 19.1 Å². The normalized spacial score (nSPS) is 16.2. The van der Waals surface area contributed by atoms with Gasteiger partial charge in [0.15, 0.2) is 9.84 Å². The average molecular weight is 413 g/mol. The minimum Gasteiger partial charge on any atom is -0.357 e. The number of nitrogens with zero attached hydrogens (tertiary/aromatic N) is 1.